The molecular formula is C33H39F9O7S. The van der Waals surface area contributed by atoms with Crippen LogP contribution in [0.3, 0.4) is 0 Å². The zero-order valence-corrected chi connectivity index (χ0v) is 28.3. The lowest BCUT2D eigenvalue weighted by Crippen LogP contribution is -2.63. The summed E-state index contributed by atoms with van der Waals surface area (Å²) in [6.07, 6.45) is -4.11. The number of fused-ring (bicyclic) bond motifs is 4. The predicted octanol–water partition coefficient (Wildman–Crippen LogP) is 7.48. The van der Waals surface area contributed by atoms with Crippen LogP contribution in [0.4, 0.5) is 39.5 Å². The molecule has 1 aromatic rings. The van der Waals surface area contributed by atoms with Crippen LogP contribution in [-0.2, 0) is 19.6 Å². The summed E-state index contributed by atoms with van der Waals surface area (Å²) in [5.41, 5.74) is 0.150. The summed E-state index contributed by atoms with van der Waals surface area (Å²) in [6.45, 7) is 6.87. The molecule has 0 bridgehead atoms. The van der Waals surface area contributed by atoms with Crippen molar-refractivity contribution in [2.24, 2.45) is 22.7 Å². The van der Waals surface area contributed by atoms with Gasteiger partial charge in [-0.25, -0.2) is 0 Å². The van der Waals surface area contributed by atoms with E-state index in [1.807, 2.05) is 20.8 Å². The lowest BCUT2D eigenvalue weighted by atomic mass is 9.51. The van der Waals surface area contributed by atoms with Gasteiger partial charge < -0.3 is 23.9 Å². The Kier molecular flexibility index (Phi) is 8.63. The van der Waals surface area contributed by atoms with Crippen LogP contribution < -0.4 is 4.18 Å². The van der Waals surface area contributed by atoms with E-state index in [0.29, 0.717) is 57.3 Å². The number of benzene rings is 1. The number of rotatable bonds is 6. The van der Waals surface area contributed by atoms with Crippen molar-refractivity contribution in [3.8, 4) is 5.75 Å². The Labute approximate surface area is 283 Å². The summed E-state index contributed by atoms with van der Waals surface area (Å²) in [4.78, 5) is 0. The third-order valence-corrected chi connectivity index (χ3v) is 13.0. The van der Waals surface area contributed by atoms with E-state index in [-0.39, 0.29) is 23.7 Å². The van der Waals surface area contributed by atoms with Crippen LogP contribution in [0.5, 0.6) is 5.75 Å². The topological polar surface area (TPSA) is 102 Å². The second-order valence-electron chi connectivity index (χ2n) is 15.7. The van der Waals surface area contributed by atoms with Crippen LogP contribution in [0.2, 0.25) is 0 Å². The molecule has 6 atom stereocenters. The lowest BCUT2D eigenvalue weighted by Gasteiger charge is -2.57. The lowest BCUT2D eigenvalue weighted by molar-refractivity contribution is -0.382. The van der Waals surface area contributed by atoms with Crippen LogP contribution in [-0.4, -0.2) is 72.6 Å². The van der Waals surface area contributed by atoms with Crippen molar-refractivity contribution in [2.75, 3.05) is 13.2 Å². The minimum atomic E-state index is -7.42. The summed E-state index contributed by atoms with van der Waals surface area (Å²) >= 11 is 0. The van der Waals surface area contributed by atoms with Gasteiger partial charge in [-0.2, -0.15) is 47.9 Å². The zero-order valence-electron chi connectivity index (χ0n) is 27.4. The standard InChI is InChI=1S/C33H39F9O7S/c1-26(2)16-47-29(48-17-26)13-11-23-25-20(10-12-28(23,44)15-29)22-8-9-24(43)27(22,3)14-21(25)18-4-6-19(7-5-18)49-50(45,46)33(41,42)31(36,37)30(34,35)32(38,39)40/h4-7,20-22,24,43-44H,8-17H2,1-3H3/t20?,21-,22?,24+,27?,28-/m1/s1. The summed E-state index contributed by atoms with van der Waals surface area (Å²) in [5.74, 6) is -17.3. The molecule has 4 aliphatic carbocycles. The van der Waals surface area contributed by atoms with Crippen LogP contribution >= 0.6 is 0 Å². The summed E-state index contributed by atoms with van der Waals surface area (Å²) in [6, 6.07) is 4.11. The Morgan fingerprint density at radius 2 is 1.46 bits per heavy atom. The van der Waals surface area contributed by atoms with Gasteiger partial charge in [0.2, 0.25) is 0 Å². The Morgan fingerprint density at radius 3 is 2.04 bits per heavy atom. The Balaban J connectivity index is 1.33. The number of hydrogen-bond acceptors (Lipinski definition) is 7. The molecule has 1 spiro atoms. The second-order valence-corrected chi connectivity index (χ2v) is 17.3. The van der Waals surface area contributed by atoms with Gasteiger partial charge in [0, 0.05) is 24.2 Å². The average Bonchev–Trinajstić information content (AvgIpc) is 3.31. The molecular weight excluding hydrogens is 711 g/mol. The number of allylic oxidation sites excluding steroid dienone is 1. The van der Waals surface area contributed by atoms with E-state index >= 15 is 0 Å². The molecule has 1 saturated heterocycles. The van der Waals surface area contributed by atoms with E-state index in [2.05, 4.69) is 4.18 Å². The minimum absolute atomic E-state index is 0.0557. The summed E-state index contributed by atoms with van der Waals surface area (Å²) < 4.78 is 161. The fourth-order valence-electron chi connectivity index (χ4n) is 8.98. The summed E-state index contributed by atoms with van der Waals surface area (Å²) in [7, 11) is -7.11. The van der Waals surface area contributed by atoms with Gasteiger partial charge >= 0.3 is 33.4 Å². The highest BCUT2D eigenvalue weighted by Crippen LogP contribution is 2.66. The smallest absolute Gasteiger partial charge is 0.393 e. The first-order chi connectivity index (χ1) is 22.7. The number of aliphatic hydroxyl groups excluding tert-OH is 1. The van der Waals surface area contributed by atoms with E-state index in [1.165, 1.54) is 12.1 Å². The number of aliphatic hydroxyl groups is 2. The van der Waals surface area contributed by atoms with Crippen molar-refractivity contribution < 1.29 is 71.8 Å². The molecule has 3 unspecified atom stereocenters. The first-order valence-corrected chi connectivity index (χ1v) is 17.8. The maximum absolute atomic E-state index is 14.3. The van der Waals surface area contributed by atoms with Crippen molar-refractivity contribution in [3.05, 3.63) is 41.0 Å². The van der Waals surface area contributed by atoms with Crippen LogP contribution in [0, 0.1) is 22.7 Å². The normalized spacial score (nSPS) is 34.6. The molecule has 7 nitrogen and oxygen atoms in total. The third-order valence-electron chi connectivity index (χ3n) is 11.7. The van der Waals surface area contributed by atoms with E-state index in [4.69, 9.17) is 9.47 Å². The first kappa shape index (κ1) is 37.7. The largest absolute Gasteiger partial charge is 0.460 e. The van der Waals surface area contributed by atoms with Crippen LogP contribution in [0.25, 0.3) is 0 Å². The number of halogens is 9. The van der Waals surface area contributed by atoms with Gasteiger partial charge in [-0.3, -0.25) is 0 Å². The van der Waals surface area contributed by atoms with E-state index in [9.17, 15) is 58.1 Å². The third kappa shape index (κ3) is 5.57. The van der Waals surface area contributed by atoms with E-state index in [0.717, 1.165) is 29.7 Å². The van der Waals surface area contributed by atoms with E-state index < -0.39 is 68.0 Å². The fraction of sp³-hybridized carbons (Fsp3) is 0.758. The molecule has 0 radical (unpaired) electrons. The van der Waals surface area contributed by atoms with E-state index in [1.54, 1.807) is 0 Å². The van der Waals surface area contributed by atoms with Crippen LogP contribution in [0.1, 0.15) is 83.6 Å². The van der Waals surface area contributed by atoms with Gasteiger partial charge in [0.05, 0.1) is 24.9 Å². The quantitative estimate of drug-likeness (QED) is 0.177. The van der Waals surface area contributed by atoms with Crippen molar-refractivity contribution in [3.63, 3.8) is 0 Å². The fourth-order valence-corrected chi connectivity index (χ4v) is 9.89. The highest BCUT2D eigenvalue weighted by molar-refractivity contribution is 7.88. The molecule has 3 saturated carbocycles. The molecule has 2 N–H and O–H groups in total. The van der Waals surface area contributed by atoms with Gasteiger partial charge in [-0.05, 0) is 79.0 Å². The molecule has 17 heteroatoms. The van der Waals surface area contributed by atoms with Crippen molar-refractivity contribution >= 4 is 10.1 Å². The van der Waals surface area contributed by atoms with Gasteiger partial charge in [-0.1, -0.05) is 38.5 Å². The van der Waals surface area contributed by atoms with Crippen molar-refractivity contribution in [1.82, 2.24) is 0 Å². The first-order valence-electron chi connectivity index (χ1n) is 16.4. The molecule has 1 heterocycles. The van der Waals surface area contributed by atoms with Gasteiger partial charge in [0.15, 0.2) is 5.79 Å². The number of hydrogen-bond donors (Lipinski definition) is 2. The molecule has 0 amide bonds. The molecule has 6 rings (SSSR count). The SMILES string of the molecule is CC1(C)COC2(CCC3=C4C(CC[C@@]3(O)C2)C2CC[C@H](O)C2(C)C[C@@H]4c2ccc(OS(=O)(=O)C(F)(F)C(F)(F)C(F)(F)C(F)(F)F)cc2)OC1. The maximum atomic E-state index is 14.3. The Bertz CT molecular complexity index is 1630. The van der Waals surface area contributed by atoms with Crippen molar-refractivity contribution in [1.29, 1.82) is 0 Å². The molecule has 0 aromatic heterocycles. The van der Waals surface area contributed by atoms with Gasteiger partial charge in [0.1, 0.15) is 5.75 Å². The highest BCUT2D eigenvalue weighted by Gasteiger charge is 2.86. The molecule has 5 aliphatic rings. The van der Waals surface area contributed by atoms with Gasteiger partial charge in [-0.15, -0.1) is 0 Å². The Hall–Kier alpha value is -2.08. The van der Waals surface area contributed by atoms with Crippen molar-refractivity contribution in [2.45, 2.75) is 119 Å². The zero-order chi connectivity index (χ0) is 37.1. The number of ether oxygens (including phenoxy) is 2. The Morgan fingerprint density at radius 1 is 0.860 bits per heavy atom. The van der Waals surface area contributed by atoms with Crippen LogP contribution in [0.15, 0.2) is 35.4 Å². The summed E-state index contributed by atoms with van der Waals surface area (Å²) in [5, 5.41) is 16.3. The predicted molar refractivity (Wildman–Crippen MR) is 158 cm³/mol. The minimum Gasteiger partial charge on any atom is -0.393 e. The average molecular weight is 751 g/mol. The number of alkyl halides is 9. The van der Waals surface area contributed by atoms with Gasteiger partial charge in [0.25, 0.3) is 0 Å². The molecule has 1 aliphatic heterocycles. The monoisotopic (exact) mass is 750 g/mol. The second kappa shape index (κ2) is 11.5. The molecule has 282 valence electrons. The maximum Gasteiger partial charge on any atom is 0.460 e. The molecule has 4 fully saturated rings. The molecule has 1 aromatic carbocycles. The highest BCUT2D eigenvalue weighted by atomic mass is 32.2. The molecule has 50 heavy (non-hydrogen) atoms.